The Kier molecular flexibility index (Phi) is 4.07. The van der Waals surface area contributed by atoms with E-state index in [1.807, 2.05) is 0 Å². The molecule has 0 fully saturated rings. The summed E-state index contributed by atoms with van der Waals surface area (Å²) in [6, 6.07) is 7.57. The maximum atomic E-state index is 11.0. The van der Waals surface area contributed by atoms with Crippen molar-refractivity contribution in [1.29, 1.82) is 0 Å². The largest absolute Gasteiger partial charge is 0.477 e. The van der Waals surface area contributed by atoms with Crippen LogP contribution in [0.3, 0.4) is 0 Å². The van der Waals surface area contributed by atoms with Crippen LogP contribution in [0, 0.1) is 10.1 Å². The monoisotopic (exact) mass is 288 g/mol. The van der Waals surface area contributed by atoms with Crippen molar-refractivity contribution < 1.29 is 14.8 Å². The molecule has 0 aliphatic rings. The van der Waals surface area contributed by atoms with Gasteiger partial charge in [0.1, 0.15) is 0 Å². The first-order valence-corrected chi connectivity index (χ1v) is 5.99. The summed E-state index contributed by atoms with van der Waals surface area (Å²) >= 11 is 0. The smallest absolute Gasteiger partial charge is 0.354 e. The normalized spacial score (nSPS) is 10.1. The maximum Gasteiger partial charge on any atom is 0.354 e. The zero-order valence-corrected chi connectivity index (χ0v) is 11.1. The fourth-order valence-electron chi connectivity index (χ4n) is 1.79. The van der Waals surface area contributed by atoms with Crippen LogP contribution in [0.5, 0.6) is 0 Å². The second kappa shape index (κ2) is 5.95. The van der Waals surface area contributed by atoms with E-state index in [1.54, 1.807) is 31.4 Å². The maximum absolute atomic E-state index is 11.0. The first-order valence-electron chi connectivity index (χ1n) is 5.99. The highest BCUT2D eigenvalue weighted by molar-refractivity contribution is 5.86. The van der Waals surface area contributed by atoms with Gasteiger partial charge in [-0.3, -0.25) is 15.1 Å². The molecule has 108 valence electrons. The van der Waals surface area contributed by atoms with Gasteiger partial charge in [0, 0.05) is 19.3 Å². The van der Waals surface area contributed by atoms with E-state index in [1.165, 1.54) is 4.90 Å². The summed E-state index contributed by atoms with van der Waals surface area (Å²) in [6.45, 7) is 0.276. The van der Waals surface area contributed by atoms with Gasteiger partial charge in [-0.05, 0) is 18.2 Å². The molecule has 0 aliphatic heterocycles. The number of aromatic nitrogens is 2. The number of rotatable bonds is 5. The van der Waals surface area contributed by atoms with Crippen LogP contribution in [0.15, 0.2) is 36.5 Å². The van der Waals surface area contributed by atoms with Gasteiger partial charge in [-0.25, -0.2) is 9.78 Å². The number of carboxylic acids is 1. The lowest BCUT2D eigenvalue weighted by Crippen LogP contribution is -2.20. The number of anilines is 1. The van der Waals surface area contributed by atoms with Crippen molar-refractivity contribution >= 4 is 17.5 Å². The molecular weight excluding hydrogens is 276 g/mol. The molecule has 0 radical (unpaired) electrons. The van der Waals surface area contributed by atoms with E-state index in [-0.39, 0.29) is 23.7 Å². The number of carboxylic acid groups (broad SMARTS) is 1. The van der Waals surface area contributed by atoms with Crippen molar-refractivity contribution in [3.05, 3.63) is 58.0 Å². The summed E-state index contributed by atoms with van der Waals surface area (Å²) in [5.74, 6) is -1.25. The number of aromatic carboxylic acids is 1. The quantitative estimate of drug-likeness (QED) is 0.658. The van der Waals surface area contributed by atoms with E-state index in [0.29, 0.717) is 5.69 Å². The van der Waals surface area contributed by atoms with Crippen LogP contribution in [-0.4, -0.2) is 33.0 Å². The number of pyridine rings is 2. The van der Waals surface area contributed by atoms with E-state index < -0.39 is 10.9 Å². The van der Waals surface area contributed by atoms with Crippen LogP contribution in [0.1, 0.15) is 16.2 Å². The Morgan fingerprint density at radius 1 is 1.38 bits per heavy atom. The Labute approximate surface area is 119 Å². The molecule has 1 N–H and O–H groups in total. The van der Waals surface area contributed by atoms with Gasteiger partial charge in [0.25, 0.3) is 0 Å². The summed E-state index contributed by atoms with van der Waals surface area (Å²) in [6.07, 6.45) is 1.61. The molecule has 0 saturated heterocycles. The van der Waals surface area contributed by atoms with Crippen molar-refractivity contribution in [2.24, 2.45) is 0 Å². The highest BCUT2D eigenvalue weighted by Gasteiger charge is 2.21. The lowest BCUT2D eigenvalue weighted by molar-refractivity contribution is -0.384. The van der Waals surface area contributed by atoms with Gasteiger partial charge in [0.15, 0.2) is 5.69 Å². The van der Waals surface area contributed by atoms with E-state index in [4.69, 9.17) is 5.11 Å². The predicted octanol–water partition coefficient (Wildman–Crippen LogP) is 1.72. The van der Waals surface area contributed by atoms with Crippen LogP contribution in [0.25, 0.3) is 0 Å². The Morgan fingerprint density at radius 2 is 2.14 bits per heavy atom. The average Bonchev–Trinajstić information content (AvgIpc) is 2.47. The van der Waals surface area contributed by atoms with Crippen molar-refractivity contribution in [1.82, 2.24) is 9.97 Å². The van der Waals surface area contributed by atoms with E-state index >= 15 is 0 Å². The van der Waals surface area contributed by atoms with Gasteiger partial charge < -0.3 is 10.0 Å². The summed E-state index contributed by atoms with van der Waals surface area (Å²) in [5, 5.41) is 20.0. The number of nitro groups is 1. The van der Waals surface area contributed by atoms with Crippen molar-refractivity contribution in [3.8, 4) is 0 Å². The lowest BCUT2D eigenvalue weighted by Gasteiger charge is -2.17. The number of nitrogens with zero attached hydrogens (tertiary/aromatic N) is 4. The summed E-state index contributed by atoms with van der Waals surface area (Å²) in [5.41, 5.74) is 0.193. The summed E-state index contributed by atoms with van der Waals surface area (Å²) < 4.78 is 0. The topological polar surface area (TPSA) is 109 Å². The molecule has 0 atom stereocenters. The minimum absolute atomic E-state index is 0.00875. The minimum Gasteiger partial charge on any atom is -0.477 e. The highest BCUT2D eigenvalue weighted by atomic mass is 16.6. The minimum atomic E-state index is -1.24. The van der Waals surface area contributed by atoms with Crippen molar-refractivity contribution in [2.45, 2.75) is 6.54 Å². The Balaban J connectivity index is 2.37. The van der Waals surface area contributed by atoms with Gasteiger partial charge in [0.05, 0.1) is 17.2 Å². The van der Waals surface area contributed by atoms with Crippen LogP contribution in [-0.2, 0) is 6.54 Å². The molecule has 0 aromatic carbocycles. The molecule has 0 spiro atoms. The molecule has 8 heteroatoms. The van der Waals surface area contributed by atoms with Crippen LogP contribution in [0.2, 0.25) is 0 Å². The number of carbonyl (C=O) groups is 1. The molecule has 0 amide bonds. The molecule has 2 rings (SSSR count). The van der Waals surface area contributed by atoms with Gasteiger partial charge in [-0.1, -0.05) is 6.07 Å². The Morgan fingerprint density at radius 3 is 2.71 bits per heavy atom. The fraction of sp³-hybridized carbons (Fsp3) is 0.154. The summed E-state index contributed by atoms with van der Waals surface area (Å²) in [4.78, 5) is 30.9. The molecule has 0 aliphatic carbocycles. The SMILES string of the molecule is CN(Cc1ccccn1)c1nc(C(=O)O)ccc1[N+](=O)[O-]. The molecule has 2 aromatic heterocycles. The zero-order chi connectivity index (χ0) is 15.4. The van der Waals surface area contributed by atoms with Gasteiger partial charge in [0.2, 0.25) is 5.82 Å². The molecule has 8 nitrogen and oxygen atoms in total. The second-order valence-corrected chi connectivity index (χ2v) is 4.28. The van der Waals surface area contributed by atoms with E-state index in [9.17, 15) is 14.9 Å². The highest BCUT2D eigenvalue weighted by Crippen LogP contribution is 2.26. The third-order valence-corrected chi connectivity index (χ3v) is 2.76. The van der Waals surface area contributed by atoms with Gasteiger partial charge in [-0.15, -0.1) is 0 Å². The molecule has 2 heterocycles. The zero-order valence-electron chi connectivity index (χ0n) is 11.1. The summed E-state index contributed by atoms with van der Waals surface area (Å²) in [7, 11) is 1.59. The van der Waals surface area contributed by atoms with Crippen molar-refractivity contribution in [3.63, 3.8) is 0 Å². The molecule has 0 unspecified atom stereocenters. The van der Waals surface area contributed by atoms with Gasteiger partial charge in [-0.2, -0.15) is 0 Å². The molecule has 2 aromatic rings. The Hall–Kier alpha value is -3.03. The van der Waals surface area contributed by atoms with E-state index in [0.717, 1.165) is 12.1 Å². The first kappa shape index (κ1) is 14.4. The third-order valence-electron chi connectivity index (χ3n) is 2.76. The number of hydrogen-bond acceptors (Lipinski definition) is 6. The fourth-order valence-corrected chi connectivity index (χ4v) is 1.79. The molecule has 0 bridgehead atoms. The lowest BCUT2D eigenvalue weighted by atomic mass is 10.3. The molecule has 0 saturated carbocycles. The van der Waals surface area contributed by atoms with Crippen LogP contribution < -0.4 is 4.90 Å². The van der Waals surface area contributed by atoms with Crippen LogP contribution in [0.4, 0.5) is 11.5 Å². The predicted molar refractivity (Wildman–Crippen MR) is 74.2 cm³/mol. The van der Waals surface area contributed by atoms with Crippen LogP contribution >= 0.6 is 0 Å². The van der Waals surface area contributed by atoms with Gasteiger partial charge >= 0.3 is 11.7 Å². The molecule has 21 heavy (non-hydrogen) atoms. The van der Waals surface area contributed by atoms with E-state index in [2.05, 4.69) is 9.97 Å². The molecular formula is C13H12N4O4. The van der Waals surface area contributed by atoms with Crippen molar-refractivity contribution in [2.75, 3.05) is 11.9 Å². The standard InChI is InChI=1S/C13H12N4O4/c1-16(8-9-4-2-3-7-14-9)12-11(17(20)21)6-5-10(15-12)13(18)19/h2-7H,8H2,1H3,(H,18,19). The Bertz CT molecular complexity index is 675. The number of hydrogen-bond donors (Lipinski definition) is 1. The first-order chi connectivity index (χ1) is 9.99. The third kappa shape index (κ3) is 3.30. The second-order valence-electron chi connectivity index (χ2n) is 4.28. The average molecular weight is 288 g/mol.